The molecule has 0 aromatic heterocycles. The molecule has 1 aliphatic carbocycles. The zero-order valence-corrected chi connectivity index (χ0v) is 13.6. The summed E-state index contributed by atoms with van der Waals surface area (Å²) in [6.45, 7) is 6.24. The first kappa shape index (κ1) is 16.3. The Labute approximate surface area is 128 Å². The Balaban J connectivity index is 1.83. The minimum atomic E-state index is 0.127. The van der Waals surface area contributed by atoms with Gasteiger partial charge in [-0.25, -0.2) is 0 Å². The van der Waals surface area contributed by atoms with Gasteiger partial charge in [0.25, 0.3) is 0 Å². The van der Waals surface area contributed by atoms with Gasteiger partial charge < -0.3 is 9.80 Å². The van der Waals surface area contributed by atoms with Gasteiger partial charge in [-0.05, 0) is 31.6 Å². The molecule has 0 radical (unpaired) electrons. The molecule has 120 valence electrons. The molecule has 4 heteroatoms. The predicted octanol–water partition coefficient (Wildman–Crippen LogP) is 2.82. The van der Waals surface area contributed by atoms with Crippen LogP contribution in [-0.4, -0.2) is 47.3 Å². The Hall–Kier alpha value is -1.06. The predicted molar refractivity (Wildman–Crippen MR) is 83.9 cm³/mol. The van der Waals surface area contributed by atoms with Crippen molar-refractivity contribution in [1.29, 1.82) is 0 Å². The summed E-state index contributed by atoms with van der Waals surface area (Å²) in [6, 6.07) is 0.365. The zero-order chi connectivity index (χ0) is 15.2. The second kappa shape index (κ2) is 7.81. The second-order valence-corrected chi connectivity index (χ2v) is 6.84. The first-order valence-electron chi connectivity index (χ1n) is 8.63. The number of carbonyl (C=O) groups excluding carboxylic acids is 2. The maximum absolute atomic E-state index is 12.3. The minimum Gasteiger partial charge on any atom is -0.342 e. The normalized spacial score (nSPS) is 23.9. The van der Waals surface area contributed by atoms with Gasteiger partial charge in [-0.1, -0.05) is 26.2 Å². The number of rotatable bonds is 4. The molecule has 1 unspecified atom stereocenters. The van der Waals surface area contributed by atoms with E-state index in [9.17, 15) is 9.59 Å². The Kier molecular flexibility index (Phi) is 6.07. The molecule has 21 heavy (non-hydrogen) atoms. The summed E-state index contributed by atoms with van der Waals surface area (Å²) >= 11 is 0. The average Bonchev–Trinajstić information content (AvgIpc) is 2.48. The van der Waals surface area contributed by atoms with Crippen molar-refractivity contribution in [3.63, 3.8) is 0 Å². The van der Waals surface area contributed by atoms with Crippen molar-refractivity contribution in [1.82, 2.24) is 9.80 Å². The van der Waals surface area contributed by atoms with Crippen molar-refractivity contribution in [3.05, 3.63) is 0 Å². The fraction of sp³-hybridized carbons (Fsp3) is 0.882. The van der Waals surface area contributed by atoms with Gasteiger partial charge in [0, 0.05) is 39.0 Å². The highest BCUT2D eigenvalue weighted by molar-refractivity contribution is 5.78. The zero-order valence-electron chi connectivity index (χ0n) is 13.6. The van der Waals surface area contributed by atoms with Crippen LogP contribution >= 0.6 is 0 Å². The van der Waals surface area contributed by atoms with Crippen molar-refractivity contribution in [2.24, 2.45) is 5.92 Å². The molecule has 1 saturated carbocycles. The SMILES string of the molecule is CC(=O)N(CCC(=O)N1CCCC(C)C1)C1CCCCC1. The van der Waals surface area contributed by atoms with E-state index in [0.29, 0.717) is 24.9 Å². The lowest BCUT2D eigenvalue weighted by atomic mass is 9.94. The third-order valence-corrected chi connectivity index (χ3v) is 5.00. The van der Waals surface area contributed by atoms with E-state index in [1.165, 1.54) is 25.7 Å². The van der Waals surface area contributed by atoms with Crippen LogP contribution in [0.4, 0.5) is 0 Å². The fourth-order valence-corrected chi connectivity index (χ4v) is 3.78. The number of amides is 2. The van der Waals surface area contributed by atoms with Gasteiger partial charge in [0.2, 0.25) is 11.8 Å². The van der Waals surface area contributed by atoms with E-state index in [2.05, 4.69) is 6.92 Å². The largest absolute Gasteiger partial charge is 0.342 e. The molecule has 2 rings (SSSR count). The standard InChI is InChI=1S/C17H30N2O2/c1-14-7-6-11-18(13-14)17(21)10-12-19(15(2)20)16-8-4-3-5-9-16/h14,16H,3-13H2,1-2H3. The van der Waals surface area contributed by atoms with E-state index in [0.717, 1.165) is 32.4 Å². The van der Waals surface area contributed by atoms with Gasteiger partial charge in [-0.2, -0.15) is 0 Å². The van der Waals surface area contributed by atoms with Gasteiger partial charge in [-0.3, -0.25) is 9.59 Å². The van der Waals surface area contributed by atoms with E-state index >= 15 is 0 Å². The third kappa shape index (κ3) is 4.72. The maximum Gasteiger partial charge on any atom is 0.224 e. The third-order valence-electron chi connectivity index (χ3n) is 5.00. The number of likely N-dealkylation sites (tertiary alicyclic amines) is 1. The monoisotopic (exact) mass is 294 g/mol. The summed E-state index contributed by atoms with van der Waals surface area (Å²) in [7, 11) is 0. The molecule has 2 fully saturated rings. The van der Waals surface area contributed by atoms with Crippen molar-refractivity contribution in [2.75, 3.05) is 19.6 Å². The van der Waals surface area contributed by atoms with E-state index in [1.54, 1.807) is 6.92 Å². The van der Waals surface area contributed by atoms with Crippen LogP contribution in [0.2, 0.25) is 0 Å². The molecule has 2 amide bonds. The fourth-order valence-electron chi connectivity index (χ4n) is 3.78. The molecule has 0 N–H and O–H groups in total. The molecule has 0 aromatic carbocycles. The molecular formula is C17H30N2O2. The van der Waals surface area contributed by atoms with Crippen LogP contribution in [-0.2, 0) is 9.59 Å². The summed E-state index contributed by atoms with van der Waals surface area (Å²) in [5, 5.41) is 0. The summed E-state index contributed by atoms with van der Waals surface area (Å²) in [6.07, 6.45) is 8.76. The second-order valence-electron chi connectivity index (χ2n) is 6.84. The van der Waals surface area contributed by atoms with Gasteiger partial charge in [0.05, 0.1) is 0 Å². The molecular weight excluding hydrogens is 264 g/mol. The van der Waals surface area contributed by atoms with Crippen molar-refractivity contribution in [3.8, 4) is 0 Å². The van der Waals surface area contributed by atoms with Gasteiger partial charge in [-0.15, -0.1) is 0 Å². The minimum absolute atomic E-state index is 0.127. The van der Waals surface area contributed by atoms with Crippen LogP contribution in [0.1, 0.15) is 65.2 Å². The summed E-state index contributed by atoms with van der Waals surface area (Å²) in [5.41, 5.74) is 0. The quantitative estimate of drug-likeness (QED) is 0.800. The molecule has 4 nitrogen and oxygen atoms in total. The first-order valence-corrected chi connectivity index (χ1v) is 8.63. The Bertz CT molecular complexity index is 364. The lowest BCUT2D eigenvalue weighted by Crippen LogP contribution is -2.44. The molecule has 1 atom stereocenters. The number of piperidine rings is 1. The van der Waals surface area contributed by atoms with Gasteiger partial charge in [0.15, 0.2) is 0 Å². The molecule has 0 spiro atoms. The molecule has 1 aliphatic heterocycles. The Morgan fingerprint density at radius 2 is 1.81 bits per heavy atom. The van der Waals surface area contributed by atoms with E-state index in [1.807, 2.05) is 9.80 Å². The van der Waals surface area contributed by atoms with Crippen molar-refractivity contribution in [2.45, 2.75) is 71.3 Å². The van der Waals surface area contributed by atoms with Crippen LogP contribution in [0.15, 0.2) is 0 Å². The van der Waals surface area contributed by atoms with Gasteiger partial charge >= 0.3 is 0 Å². The Morgan fingerprint density at radius 3 is 2.43 bits per heavy atom. The lowest BCUT2D eigenvalue weighted by Gasteiger charge is -2.35. The van der Waals surface area contributed by atoms with Crippen LogP contribution in [0.5, 0.6) is 0 Å². The Morgan fingerprint density at radius 1 is 1.10 bits per heavy atom. The molecule has 0 bridgehead atoms. The number of hydrogen-bond acceptors (Lipinski definition) is 2. The maximum atomic E-state index is 12.3. The number of nitrogens with zero attached hydrogens (tertiary/aromatic N) is 2. The number of carbonyl (C=O) groups is 2. The number of hydrogen-bond donors (Lipinski definition) is 0. The van der Waals surface area contributed by atoms with Crippen LogP contribution in [0, 0.1) is 5.92 Å². The van der Waals surface area contributed by atoms with Crippen LogP contribution in [0.25, 0.3) is 0 Å². The van der Waals surface area contributed by atoms with Gasteiger partial charge in [0.1, 0.15) is 0 Å². The lowest BCUT2D eigenvalue weighted by molar-refractivity contribution is -0.136. The highest BCUT2D eigenvalue weighted by atomic mass is 16.2. The highest BCUT2D eigenvalue weighted by Gasteiger charge is 2.25. The summed E-state index contributed by atoms with van der Waals surface area (Å²) in [5.74, 6) is 0.968. The summed E-state index contributed by atoms with van der Waals surface area (Å²) < 4.78 is 0. The van der Waals surface area contributed by atoms with E-state index < -0.39 is 0 Å². The average molecular weight is 294 g/mol. The van der Waals surface area contributed by atoms with Crippen molar-refractivity contribution < 1.29 is 9.59 Å². The highest BCUT2D eigenvalue weighted by Crippen LogP contribution is 2.23. The van der Waals surface area contributed by atoms with E-state index in [-0.39, 0.29) is 11.8 Å². The first-order chi connectivity index (χ1) is 10.1. The topological polar surface area (TPSA) is 40.6 Å². The van der Waals surface area contributed by atoms with E-state index in [4.69, 9.17) is 0 Å². The molecule has 2 aliphatic rings. The van der Waals surface area contributed by atoms with Crippen molar-refractivity contribution >= 4 is 11.8 Å². The molecule has 1 heterocycles. The van der Waals surface area contributed by atoms with Crippen LogP contribution in [0.3, 0.4) is 0 Å². The summed E-state index contributed by atoms with van der Waals surface area (Å²) in [4.78, 5) is 28.2. The smallest absolute Gasteiger partial charge is 0.224 e. The molecule has 1 saturated heterocycles. The van der Waals surface area contributed by atoms with Crippen LogP contribution < -0.4 is 0 Å². The molecule has 0 aromatic rings.